The van der Waals surface area contributed by atoms with Crippen LogP contribution in [0.2, 0.25) is 10.0 Å². The van der Waals surface area contributed by atoms with Crippen molar-refractivity contribution in [2.24, 2.45) is 0 Å². The van der Waals surface area contributed by atoms with Crippen LogP contribution in [0, 0.1) is 13.8 Å². The van der Waals surface area contributed by atoms with Crippen LogP contribution in [-0.4, -0.2) is 18.4 Å². The molecule has 0 aromatic heterocycles. The van der Waals surface area contributed by atoms with Crippen LogP contribution in [0.5, 0.6) is 0 Å². The molecular weight excluding hydrogens is 359 g/mol. The first-order valence-electron chi connectivity index (χ1n) is 7.88. The Kier molecular flexibility index (Phi) is 6.45. The number of carbonyl (C=O) groups excluding carboxylic acids is 2. The Bertz CT molecular complexity index is 766. The third-order valence-corrected chi connectivity index (χ3v) is 4.27. The number of hydrogen-bond donors (Lipinski definition) is 1. The lowest BCUT2D eigenvalue weighted by Gasteiger charge is -2.23. The summed E-state index contributed by atoms with van der Waals surface area (Å²) in [5.74, 6) is -0.409. The van der Waals surface area contributed by atoms with Crippen molar-refractivity contribution < 1.29 is 9.59 Å². The van der Waals surface area contributed by atoms with Gasteiger partial charge in [-0.15, -0.1) is 0 Å². The Labute approximate surface area is 157 Å². The number of aryl methyl sites for hydroxylation is 2. The molecule has 0 saturated carbocycles. The molecule has 2 amide bonds. The normalized spacial score (nSPS) is 10.4. The van der Waals surface area contributed by atoms with Gasteiger partial charge in [-0.3, -0.25) is 9.59 Å². The molecule has 0 radical (unpaired) electrons. The molecule has 1 N–H and O–H groups in total. The molecule has 0 aliphatic carbocycles. The summed E-state index contributed by atoms with van der Waals surface area (Å²) in [4.78, 5) is 25.7. The van der Waals surface area contributed by atoms with Crippen molar-refractivity contribution in [1.82, 2.24) is 0 Å². The van der Waals surface area contributed by atoms with Gasteiger partial charge in [-0.05, 0) is 49.2 Å². The number of nitrogens with zero attached hydrogens (tertiary/aromatic N) is 1. The van der Waals surface area contributed by atoms with Crippen LogP contribution in [0.25, 0.3) is 0 Å². The van der Waals surface area contributed by atoms with Gasteiger partial charge in [0, 0.05) is 25.6 Å². The van der Waals surface area contributed by atoms with E-state index >= 15 is 0 Å². The molecule has 4 nitrogen and oxygen atoms in total. The lowest BCUT2D eigenvalue weighted by atomic mass is 10.1. The third kappa shape index (κ3) is 5.21. The first kappa shape index (κ1) is 19.3. The summed E-state index contributed by atoms with van der Waals surface area (Å²) >= 11 is 12.3. The maximum atomic E-state index is 12.2. The van der Waals surface area contributed by atoms with Gasteiger partial charge in [-0.25, -0.2) is 0 Å². The van der Waals surface area contributed by atoms with E-state index in [0.29, 0.717) is 15.7 Å². The molecule has 132 valence electrons. The summed E-state index contributed by atoms with van der Waals surface area (Å²) in [6, 6.07) is 10.9. The number of benzene rings is 2. The van der Waals surface area contributed by atoms with Gasteiger partial charge in [0.25, 0.3) is 0 Å². The molecule has 25 heavy (non-hydrogen) atoms. The number of para-hydroxylation sites is 1. The van der Waals surface area contributed by atoms with Crippen molar-refractivity contribution in [3.8, 4) is 0 Å². The summed E-state index contributed by atoms with van der Waals surface area (Å²) in [6.07, 6.45) is 0.133. The van der Waals surface area contributed by atoms with Crippen LogP contribution in [0.15, 0.2) is 36.4 Å². The fourth-order valence-electron chi connectivity index (χ4n) is 2.66. The van der Waals surface area contributed by atoms with Gasteiger partial charge in [-0.2, -0.15) is 0 Å². The number of amides is 2. The number of halogens is 2. The predicted octanol–water partition coefficient (Wildman–Crippen LogP) is 4.99. The number of anilines is 2. The van der Waals surface area contributed by atoms with Gasteiger partial charge < -0.3 is 10.2 Å². The maximum Gasteiger partial charge on any atom is 0.226 e. The summed E-state index contributed by atoms with van der Waals surface area (Å²) in [5, 5.41) is 3.60. The molecule has 0 bridgehead atoms. The average Bonchev–Trinajstić information content (AvgIpc) is 2.48. The van der Waals surface area contributed by atoms with E-state index in [2.05, 4.69) is 5.32 Å². The molecule has 2 aromatic rings. The smallest absolute Gasteiger partial charge is 0.226 e. The molecule has 2 rings (SSSR count). The molecule has 0 spiro atoms. The first-order valence-corrected chi connectivity index (χ1v) is 8.64. The Hall–Kier alpha value is -2.04. The van der Waals surface area contributed by atoms with E-state index in [1.54, 1.807) is 18.2 Å². The fraction of sp³-hybridized carbons (Fsp3) is 0.263. The molecule has 0 unspecified atom stereocenters. The van der Waals surface area contributed by atoms with E-state index in [1.807, 2.05) is 32.0 Å². The Balaban J connectivity index is 2.08. The minimum atomic E-state index is -0.228. The van der Waals surface area contributed by atoms with Crippen molar-refractivity contribution in [1.29, 1.82) is 0 Å². The van der Waals surface area contributed by atoms with Gasteiger partial charge in [0.2, 0.25) is 11.8 Å². The standard InChI is InChI=1S/C19H20Cl2N2O2/c1-12-9-13(2)11-15(10-12)22-18(25)7-8-23(14(3)24)19-16(20)5-4-6-17(19)21/h4-6,9-11H,7-8H2,1-3H3,(H,22,25). The van der Waals surface area contributed by atoms with E-state index < -0.39 is 0 Å². The monoisotopic (exact) mass is 378 g/mol. The molecule has 6 heteroatoms. The van der Waals surface area contributed by atoms with Gasteiger partial charge in [0.05, 0.1) is 15.7 Å². The molecule has 0 aliphatic rings. The topological polar surface area (TPSA) is 49.4 Å². The van der Waals surface area contributed by atoms with Crippen LogP contribution < -0.4 is 10.2 Å². The molecule has 0 aliphatic heterocycles. The van der Waals surface area contributed by atoms with Crippen molar-refractivity contribution in [3.63, 3.8) is 0 Å². The van der Waals surface area contributed by atoms with Gasteiger partial charge in [0.1, 0.15) is 0 Å². The highest BCUT2D eigenvalue weighted by Crippen LogP contribution is 2.33. The highest BCUT2D eigenvalue weighted by Gasteiger charge is 2.19. The highest BCUT2D eigenvalue weighted by atomic mass is 35.5. The largest absolute Gasteiger partial charge is 0.326 e. The minimum Gasteiger partial charge on any atom is -0.326 e. The Morgan fingerprint density at radius 3 is 2.12 bits per heavy atom. The summed E-state index contributed by atoms with van der Waals surface area (Å²) < 4.78 is 0. The molecule has 0 saturated heterocycles. The minimum absolute atomic E-state index is 0.133. The van der Waals surface area contributed by atoms with Gasteiger partial charge in [0.15, 0.2) is 0 Å². The second kappa shape index (κ2) is 8.37. The predicted molar refractivity (Wildman–Crippen MR) is 104 cm³/mol. The van der Waals surface area contributed by atoms with E-state index in [1.165, 1.54) is 11.8 Å². The number of nitrogens with one attached hydrogen (secondary N) is 1. The second-order valence-corrected chi connectivity index (χ2v) is 6.73. The molecule has 0 atom stereocenters. The summed E-state index contributed by atoms with van der Waals surface area (Å²) in [7, 11) is 0. The van der Waals surface area contributed by atoms with Crippen LogP contribution in [0.4, 0.5) is 11.4 Å². The van der Waals surface area contributed by atoms with Crippen LogP contribution >= 0.6 is 23.2 Å². The number of rotatable bonds is 5. The SMILES string of the molecule is CC(=O)N(CCC(=O)Nc1cc(C)cc(C)c1)c1c(Cl)cccc1Cl. The molecule has 2 aromatic carbocycles. The van der Waals surface area contributed by atoms with Crippen molar-refractivity contribution >= 4 is 46.4 Å². The van der Waals surface area contributed by atoms with Crippen LogP contribution in [0.1, 0.15) is 24.5 Å². The highest BCUT2D eigenvalue weighted by molar-refractivity contribution is 6.39. The Morgan fingerprint density at radius 1 is 1.04 bits per heavy atom. The van der Waals surface area contributed by atoms with Gasteiger partial charge >= 0.3 is 0 Å². The molecule has 0 heterocycles. The average molecular weight is 379 g/mol. The lowest BCUT2D eigenvalue weighted by Crippen LogP contribution is -2.32. The van der Waals surface area contributed by atoms with Crippen molar-refractivity contribution in [2.45, 2.75) is 27.2 Å². The maximum absolute atomic E-state index is 12.2. The van der Waals surface area contributed by atoms with E-state index in [-0.39, 0.29) is 24.8 Å². The summed E-state index contributed by atoms with van der Waals surface area (Å²) in [5.41, 5.74) is 3.32. The number of hydrogen-bond acceptors (Lipinski definition) is 2. The zero-order valence-electron chi connectivity index (χ0n) is 14.4. The van der Waals surface area contributed by atoms with Crippen LogP contribution in [0.3, 0.4) is 0 Å². The van der Waals surface area contributed by atoms with Crippen molar-refractivity contribution in [2.75, 3.05) is 16.8 Å². The zero-order chi connectivity index (χ0) is 18.6. The first-order chi connectivity index (χ1) is 11.8. The second-order valence-electron chi connectivity index (χ2n) is 5.92. The van der Waals surface area contributed by atoms with E-state index in [4.69, 9.17) is 23.2 Å². The fourth-order valence-corrected chi connectivity index (χ4v) is 3.26. The molecule has 0 fully saturated rings. The quantitative estimate of drug-likeness (QED) is 0.796. The molecular formula is C19H20Cl2N2O2. The van der Waals surface area contributed by atoms with Crippen molar-refractivity contribution in [3.05, 3.63) is 57.6 Å². The van der Waals surface area contributed by atoms with E-state index in [0.717, 1.165) is 16.8 Å². The third-order valence-electron chi connectivity index (χ3n) is 3.66. The lowest BCUT2D eigenvalue weighted by molar-refractivity contribution is -0.117. The van der Waals surface area contributed by atoms with Gasteiger partial charge in [-0.1, -0.05) is 35.3 Å². The van der Waals surface area contributed by atoms with Crippen LogP contribution in [-0.2, 0) is 9.59 Å². The number of carbonyl (C=O) groups is 2. The Morgan fingerprint density at radius 2 is 1.60 bits per heavy atom. The zero-order valence-corrected chi connectivity index (χ0v) is 15.9. The summed E-state index contributed by atoms with van der Waals surface area (Å²) in [6.45, 7) is 5.55. The van der Waals surface area contributed by atoms with E-state index in [9.17, 15) is 9.59 Å².